The second-order valence-corrected chi connectivity index (χ2v) is 7.65. The van der Waals surface area contributed by atoms with E-state index in [2.05, 4.69) is 14.7 Å². The van der Waals surface area contributed by atoms with Crippen molar-refractivity contribution < 1.29 is 18.5 Å². The van der Waals surface area contributed by atoms with E-state index in [1.807, 2.05) is 6.92 Å². The van der Waals surface area contributed by atoms with Gasteiger partial charge in [0, 0.05) is 18.6 Å². The first-order valence-electron chi connectivity index (χ1n) is 7.12. The van der Waals surface area contributed by atoms with Crippen molar-refractivity contribution in [2.24, 2.45) is 11.7 Å². The van der Waals surface area contributed by atoms with E-state index in [4.69, 9.17) is 15.8 Å². The molecule has 0 spiro atoms. The molecule has 1 aromatic heterocycles. The topological polar surface area (TPSA) is 145 Å². The van der Waals surface area contributed by atoms with Crippen molar-refractivity contribution in [2.45, 2.75) is 31.6 Å². The van der Waals surface area contributed by atoms with Gasteiger partial charge in [0.25, 0.3) is 0 Å². The monoisotopic (exact) mass is 331 g/mol. The van der Waals surface area contributed by atoms with Gasteiger partial charge in [-0.15, -0.1) is 0 Å². The highest BCUT2D eigenvalue weighted by Gasteiger charge is 2.44. The minimum absolute atomic E-state index is 0.0374. The molecule has 0 amide bonds. The van der Waals surface area contributed by atoms with E-state index < -0.39 is 22.9 Å². The number of aromatic amines is 1. The summed E-state index contributed by atoms with van der Waals surface area (Å²) in [5.74, 6) is 0.259. The smallest absolute Gasteiger partial charge is 0.427 e. The van der Waals surface area contributed by atoms with Crippen molar-refractivity contribution in [1.82, 2.24) is 14.3 Å². The molecule has 0 radical (unpaired) electrons. The van der Waals surface area contributed by atoms with Crippen LogP contribution < -0.4 is 10.5 Å². The minimum Gasteiger partial charge on any atom is -0.427 e. The Kier molecular flexibility index (Phi) is 5.12. The molecule has 1 fully saturated rings. The molecule has 9 nitrogen and oxygen atoms in total. The first kappa shape index (κ1) is 17.2. The molecule has 0 aliphatic carbocycles. The van der Waals surface area contributed by atoms with Gasteiger partial charge in [-0.3, -0.25) is 4.72 Å². The molecule has 2 atom stereocenters. The van der Waals surface area contributed by atoms with Crippen LogP contribution in [0, 0.1) is 5.92 Å². The Bertz CT molecular complexity index is 577. The molecule has 1 aromatic rings. The Morgan fingerprint density at radius 3 is 2.95 bits per heavy atom. The molecule has 1 aliphatic rings. The predicted octanol–water partition coefficient (Wildman–Crippen LogP) is -1.03. The lowest BCUT2D eigenvalue weighted by Gasteiger charge is -2.25. The van der Waals surface area contributed by atoms with Crippen molar-refractivity contribution >= 4 is 23.1 Å². The lowest BCUT2D eigenvalue weighted by molar-refractivity contribution is 0.343. The zero-order valence-corrected chi connectivity index (χ0v) is 13.3. The Labute approximate surface area is 130 Å². The van der Waals surface area contributed by atoms with E-state index in [1.54, 1.807) is 0 Å². The number of rotatable bonds is 7. The van der Waals surface area contributed by atoms with Gasteiger partial charge in [0.1, 0.15) is 5.82 Å². The Balaban J connectivity index is 1.98. The minimum atomic E-state index is -3.69. The van der Waals surface area contributed by atoms with E-state index in [0.717, 1.165) is 0 Å². The highest BCUT2D eigenvalue weighted by molar-refractivity contribution is 7.90. The summed E-state index contributed by atoms with van der Waals surface area (Å²) in [5.41, 5.74) is 5.57. The molecule has 6 N–H and O–H groups in total. The fraction of sp³-hybridized carbons (Fsp3) is 0.727. The lowest BCUT2D eigenvalue weighted by atomic mass is 9.79. The van der Waals surface area contributed by atoms with Gasteiger partial charge in [0.15, 0.2) is 0 Å². The predicted molar refractivity (Wildman–Crippen MR) is 83.0 cm³/mol. The van der Waals surface area contributed by atoms with Crippen LogP contribution >= 0.6 is 0 Å². The number of aromatic nitrogens is 2. The van der Waals surface area contributed by atoms with E-state index >= 15 is 0 Å². The SMILES string of the molecule is C[C@]1(N)CN(S(=O)(=O)Nc2cnc[nH]2)C[C@@H]1CCCB(O)O. The van der Waals surface area contributed by atoms with Crippen molar-refractivity contribution in [3.8, 4) is 0 Å². The van der Waals surface area contributed by atoms with Crippen LogP contribution in [0.25, 0.3) is 0 Å². The second-order valence-electron chi connectivity index (χ2n) is 5.98. The molecule has 0 unspecified atom stereocenters. The average molecular weight is 331 g/mol. The third kappa shape index (κ3) is 4.20. The summed E-state index contributed by atoms with van der Waals surface area (Å²) in [7, 11) is -5.04. The summed E-state index contributed by atoms with van der Waals surface area (Å²) < 4.78 is 28.4. The van der Waals surface area contributed by atoms with E-state index in [1.165, 1.54) is 16.8 Å². The summed E-state index contributed by atoms with van der Waals surface area (Å²) in [4.78, 5) is 6.44. The summed E-state index contributed by atoms with van der Waals surface area (Å²) in [6.07, 6.45) is 4.25. The Morgan fingerprint density at radius 2 is 2.36 bits per heavy atom. The number of anilines is 1. The number of imidazole rings is 1. The fourth-order valence-electron chi connectivity index (χ4n) is 2.69. The van der Waals surface area contributed by atoms with Crippen molar-refractivity contribution in [3.05, 3.63) is 12.5 Å². The maximum atomic E-state index is 12.3. The summed E-state index contributed by atoms with van der Waals surface area (Å²) in [6, 6.07) is 0. The number of nitrogens with one attached hydrogen (secondary N) is 2. The molecule has 2 heterocycles. The molecular weight excluding hydrogens is 309 g/mol. The van der Waals surface area contributed by atoms with Gasteiger partial charge in [-0.1, -0.05) is 6.42 Å². The molecule has 1 saturated heterocycles. The fourth-order valence-corrected chi connectivity index (χ4v) is 4.04. The van der Waals surface area contributed by atoms with Crippen LogP contribution in [0.5, 0.6) is 0 Å². The van der Waals surface area contributed by atoms with Gasteiger partial charge in [0.05, 0.1) is 12.5 Å². The highest BCUT2D eigenvalue weighted by Crippen LogP contribution is 2.31. The zero-order valence-electron chi connectivity index (χ0n) is 12.4. The molecule has 0 saturated carbocycles. The molecular formula is C11H22BN5O4S. The van der Waals surface area contributed by atoms with Crippen molar-refractivity contribution in [2.75, 3.05) is 17.8 Å². The first-order valence-corrected chi connectivity index (χ1v) is 8.56. The van der Waals surface area contributed by atoms with E-state index in [-0.39, 0.29) is 18.8 Å². The van der Waals surface area contributed by atoms with E-state index in [9.17, 15) is 8.42 Å². The van der Waals surface area contributed by atoms with Crippen LogP contribution in [0.1, 0.15) is 19.8 Å². The van der Waals surface area contributed by atoms with Crippen LogP contribution in [0.4, 0.5) is 5.82 Å². The van der Waals surface area contributed by atoms with Crippen LogP contribution in [0.15, 0.2) is 12.5 Å². The number of hydrogen-bond donors (Lipinski definition) is 5. The van der Waals surface area contributed by atoms with Gasteiger partial charge in [-0.05, 0) is 25.6 Å². The average Bonchev–Trinajstić information content (AvgIpc) is 2.97. The van der Waals surface area contributed by atoms with Crippen LogP contribution in [0.2, 0.25) is 6.32 Å². The summed E-state index contributed by atoms with van der Waals surface area (Å²) in [6.45, 7) is 2.33. The van der Waals surface area contributed by atoms with Crippen LogP contribution in [-0.4, -0.2) is 58.5 Å². The van der Waals surface area contributed by atoms with E-state index in [0.29, 0.717) is 25.2 Å². The molecule has 22 heavy (non-hydrogen) atoms. The molecule has 124 valence electrons. The van der Waals surface area contributed by atoms with Gasteiger partial charge in [-0.25, -0.2) is 4.98 Å². The highest BCUT2D eigenvalue weighted by atomic mass is 32.2. The quantitative estimate of drug-likeness (QED) is 0.404. The standard InChI is InChI=1S/C11H22BN5O4S/c1-11(13)7-17(6-9(11)3-2-4-12(18)19)22(20,21)16-10-5-14-8-15-10/h5,8-9,16,18-19H,2-4,6-7,13H2,1H3,(H,14,15)/t9-,11-/m0/s1. The summed E-state index contributed by atoms with van der Waals surface area (Å²) >= 11 is 0. The Morgan fingerprint density at radius 1 is 1.64 bits per heavy atom. The maximum Gasteiger partial charge on any atom is 0.451 e. The van der Waals surface area contributed by atoms with Gasteiger partial charge >= 0.3 is 17.3 Å². The van der Waals surface area contributed by atoms with Crippen molar-refractivity contribution in [1.29, 1.82) is 0 Å². The molecule has 1 aliphatic heterocycles. The molecule has 2 rings (SSSR count). The normalized spacial score (nSPS) is 26.3. The molecule has 0 bridgehead atoms. The third-order valence-electron chi connectivity index (χ3n) is 3.97. The largest absolute Gasteiger partial charge is 0.451 e. The van der Waals surface area contributed by atoms with Gasteiger partial charge in [0.2, 0.25) is 0 Å². The first-order chi connectivity index (χ1) is 10.2. The second kappa shape index (κ2) is 6.55. The number of nitrogens with two attached hydrogens (primary N) is 1. The van der Waals surface area contributed by atoms with Gasteiger partial charge in [-0.2, -0.15) is 12.7 Å². The zero-order chi connectivity index (χ0) is 16.4. The summed E-state index contributed by atoms with van der Waals surface area (Å²) in [5, 5.41) is 17.8. The number of nitrogens with zero attached hydrogens (tertiary/aromatic N) is 2. The maximum absolute atomic E-state index is 12.3. The van der Waals surface area contributed by atoms with Gasteiger partial charge < -0.3 is 20.8 Å². The third-order valence-corrected chi connectivity index (χ3v) is 5.40. The lowest BCUT2D eigenvalue weighted by Crippen LogP contribution is -2.45. The van der Waals surface area contributed by atoms with Crippen LogP contribution in [-0.2, 0) is 10.2 Å². The molecule has 0 aromatic carbocycles. The number of hydrogen-bond acceptors (Lipinski definition) is 6. The van der Waals surface area contributed by atoms with Crippen molar-refractivity contribution in [3.63, 3.8) is 0 Å². The number of H-pyrrole nitrogens is 1. The van der Waals surface area contributed by atoms with Crippen LogP contribution in [0.3, 0.4) is 0 Å². The molecule has 11 heteroatoms. The Hall–Kier alpha value is -1.14.